The van der Waals surface area contributed by atoms with Gasteiger partial charge in [-0.15, -0.1) is 0 Å². The number of aryl methyl sites for hydroxylation is 1. The van der Waals surface area contributed by atoms with Crippen molar-refractivity contribution >= 4 is 28.7 Å². The highest BCUT2D eigenvalue weighted by Crippen LogP contribution is 2.34. The molecule has 9 nitrogen and oxygen atoms in total. The van der Waals surface area contributed by atoms with Crippen molar-refractivity contribution in [2.24, 2.45) is 0 Å². The molecule has 1 unspecified atom stereocenters. The molecule has 6 rings (SSSR count). The number of nitrogens with one attached hydrogen (secondary N) is 1. The molecule has 3 aromatic heterocycles. The van der Waals surface area contributed by atoms with Crippen molar-refractivity contribution in [3.63, 3.8) is 0 Å². The second kappa shape index (κ2) is 9.71. The fourth-order valence-electron chi connectivity index (χ4n) is 5.22. The molecule has 1 amide bonds. The number of carbonyl (C=O) groups excluding carboxylic acids is 1. The van der Waals surface area contributed by atoms with Gasteiger partial charge in [-0.3, -0.25) is 4.79 Å². The van der Waals surface area contributed by atoms with Gasteiger partial charge in [-0.05, 0) is 51.1 Å². The maximum Gasteiger partial charge on any atom is 0.255 e. The number of imidazole rings is 1. The number of hydrogen-bond donors (Lipinski definition) is 1. The number of piperazine rings is 1. The third-order valence-corrected chi connectivity index (χ3v) is 7.34. The van der Waals surface area contributed by atoms with Gasteiger partial charge < -0.3 is 19.7 Å². The second-order valence-electron chi connectivity index (χ2n) is 10.0. The highest BCUT2D eigenvalue weighted by Gasteiger charge is 2.24. The van der Waals surface area contributed by atoms with Crippen molar-refractivity contribution in [3.8, 4) is 11.3 Å². The van der Waals surface area contributed by atoms with Crippen LogP contribution < -0.4 is 5.32 Å². The molecular weight excluding hydrogens is 490 g/mol. The summed E-state index contributed by atoms with van der Waals surface area (Å²) in [6.07, 6.45) is 5.32. The zero-order valence-electron chi connectivity index (χ0n) is 21.3. The van der Waals surface area contributed by atoms with E-state index in [1.807, 2.05) is 16.5 Å². The van der Waals surface area contributed by atoms with Crippen molar-refractivity contribution in [2.75, 3.05) is 38.5 Å². The Hall–Kier alpha value is -3.99. The van der Waals surface area contributed by atoms with Crippen LogP contribution in [0, 0.1) is 11.6 Å². The topological polar surface area (TPSA) is 92.1 Å². The number of hydrogen-bond acceptors (Lipinski definition) is 7. The summed E-state index contributed by atoms with van der Waals surface area (Å²) in [7, 11) is 2.03. The van der Waals surface area contributed by atoms with Crippen LogP contribution in [0.4, 0.5) is 20.5 Å². The first-order chi connectivity index (χ1) is 18.4. The number of carbonyl (C=O) groups is 1. The Labute approximate surface area is 218 Å². The summed E-state index contributed by atoms with van der Waals surface area (Å²) in [5, 5.41) is 2.95. The van der Waals surface area contributed by atoms with Crippen LogP contribution in [-0.4, -0.2) is 73.4 Å². The molecule has 4 aromatic rings. The predicted molar refractivity (Wildman–Crippen MR) is 139 cm³/mol. The minimum Gasteiger partial charge on any atom is -0.336 e. The van der Waals surface area contributed by atoms with E-state index >= 15 is 4.39 Å². The van der Waals surface area contributed by atoms with Crippen molar-refractivity contribution in [1.82, 2.24) is 34.3 Å². The minimum absolute atomic E-state index is 0.0239. The van der Waals surface area contributed by atoms with E-state index in [2.05, 4.69) is 37.1 Å². The Balaban J connectivity index is 1.25. The van der Waals surface area contributed by atoms with E-state index in [0.29, 0.717) is 41.1 Å². The first-order valence-electron chi connectivity index (χ1n) is 12.8. The number of nitrogens with zero attached hydrogens (tertiary/aromatic N) is 7. The Morgan fingerprint density at radius 3 is 2.61 bits per heavy atom. The number of aromatic nitrogens is 5. The van der Waals surface area contributed by atoms with Gasteiger partial charge in [-0.1, -0.05) is 0 Å². The van der Waals surface area contributed by atoms with E-state index in [4.69, 9.17) is 0 Å². The number of pyridine rings is 1. The quantitative estimate of drug-likeness (QED) is 0.433. The molecule has 1 fully saturated rings. The number of rotatable bonds is 4. The van der Waals surface area contributed by atoms with Gasteiger partial charge in [0.15, 0.2) is 11.6 Å². The standard InChI is InChI=1S/C27H28F2N8O/c1-16-4-3-5-23-33-25-19(28)12-18(13-21(25)37(16)23)24-20(29)15-31-27(34-24)32-22-7-6-17(14-30-22)26(38)36-10-8-35(2)9-11-36/h6-7,12-16H,3-5,8-11H2,1-2H3,(H,30,31,32,34). The monoisotopic (exact) mass is 518 g/mol. The molecule has 1 aromatic carbocycles. The fourth-order valence-corrected chi connectivity index (χ4v) is 5.22. The summed E-state index contributed by atoms with van der Waals surface area (Å²) >= 11 is 0. The van der Waals surface area contributed by atoms with Crippen molar-refractivity contribution in [1.29, 1.82) is 0 Å². The summed E-state index contributed by atoms with van der Waals surface area (Å²) in [4.78, 5) is 33.9. The van der Waals surface area contributed by atoms with Gasteiger partial charge in [0.25, 0.3) is 5.91 Å². The van der Waals surface area contributed by atoms with Crippen LogP contribution in [0.5, 0.6) is 0 Å². The van der Waals surface area contributed by atoms with Gasteiger partial charge in [-0.25, -0.2) is 28.7 Å². The molecule has 0 aliphatic carbocycles. The molecule has 5 heterocycles. The van der Waals surface area contributed by atoms with Crippen molar-refractivity contribution in [2.45, 2.75) is 32.2 Å². The SMILES string of the molecule is CC1CCCc2nc3c(F)cc(-c4nc(Nc5ccc(C(=O)N6CCN(C)CC6)cn5)ncc4F)cc3n21. The highest BCUT2D eigenvalue weighted by atomic mass is 19.1. The third-order valence-electron chi connectivity index (χ3n) is 7.34. The number of benzene rings is 1. The summed E-state index contributed by atoms with van der Waals surface area (Å²) in [6, 6.07) is 6.53. The van der Waals surface area contributed by atoms with E-state index in [1.54, 1.807) is 18.2 Å². The number of anilines is 2. The lowest BCUT2D eigenvalue weighted by molar-refractivity contribution is 0.0663. The normalized spacial score (nSPS) is 18.0. The highest BCUT2D eigenvalue weighted by molar-refractivity contribution is 5.94. The first-order valence-corrected chi connectivity index (χ1v) is 12.8. The maximum absolute atomic E-state index is 15.1. The largest absolute Gasteiger partial charge is 0.336 e. The first kappa shape index (κ1) is 24.4. The second-order valence-corrected chi connectivity index (χ2v) is 10.0. The van der Waals surface area contributed by atoms with Gasteiger partial charge >= 0.3 is 0 Å². The van der Waals surface area contributed by atoms with Crippen LogP contribution in [0.15, 0.2) is 36.7 Å². The summed E-state index contributed by atoms with van der Waals surface area (Å²) in [5.74, 6) is 0.115. The molecule has 0 radical (unpaired) electrons. The van der Waals surface area contributed by atoms with E-state index in [0.717, 1.165) is 44.4 Å². The molecule has 2 aliphatic rings. The number of fused-ring (bicyclic) bond motifs is 3. The molecule has 196 valence electrons. The third kappa shape index (κ3) is 4.47. The van der Waals surface area contributed by atoms with E-state index in [9.17, 15) is 9.18 Å². The Kier molecular flexibility index (Phi) is 6.22. The average Bonchev–Trinajstić information content (AvgIpc) is 3.31. The lowest BCUT2D eigenvalue weighted by Crippen LogP contribution is -2.47. The van der Waals surface area contributed by atoms with Crippen LogP contribution in [0.1, 0.15) is 42.0 Å². The van der Waals surface area contributed by atoms with E-state index < -0.39 is 11.6 Å². The molecule has 0 bridgehead atoms. The fraction of sp³-hybridized carbons (Fsp3) is 0.370. The molecular formula is C27H28F2N8O. The van der Waals surface area contributed by atoms with Crippen LogP contribution in [0.3, 0.4) is 0 Å². The van der Waals surface area contributed by atoms with Crippen molar-refractivity contribution in [3.05, 3.63) is 59.7 Å². The Bertz CT molecular complexity index is 1510. The van der Waals surface area contributed by atoms with Crippen molar-refractivity contribution < 1.29 is 13.6 Å². The van der Waals surface area contributed by atoms with Crippen LogP contribution in [0.2, 0.25) is 0 Å². The minimum atomic E-state index is -0.665. The molecule has 1 atom stereocenters. The lowest BCUT2D eigenvalue weighted by atomic mass is 10.1. The smallest absolute Gasteiger partial charge is 0.255 e. The molecule has 38 heavy (non-hydrogen) atoms. The van der Waals surface area contributed by atoms with E-state index in [-0.39, 0.29) is 23.6 Å². The summed E-state index contributed by atoms with van der Waals surface area (Å²) < 4.78 is 32.0. The van der Waals surface area contributed by atoms with Gasteiger partial charge in [-0.2, -0.15) is 0 Å². The van der Waals surface area contributed by atoms with Gasteiger partial charge in [0.05, 0.1) is 17.3 Å². The Morgan fingerprint density at radius 2 is 1.84 bits per heavy atom. The summed E-state index contributed by atoms with van der Waals surface area (Å²) in [5.41, 5.74) is 1.70. The number of amides is 1. The maximum atomic E-state index is 15.1. The molecule has 1 saturated heterocycles. The van der Waals surface area contributed by atoms with Gasteiger partial charge in [0.2, 0.25) is 5.95 Å². The summed E-state index contributed by atoms with van der Waals surface area (Å²) in [6.45, 7) is 5.10. The van der Waals surface area contributed by atoms with Crippen LogP contribution in [0.25, 0.3) is 22.3 Å². The molecule has 11 heteroatoms. The number of likely N-dealkylation sites (N-methyl/N-ethyl adjacent to an activating group) is 1. The van der Waals surface area contributed by atoms with Gasteiger partial charge in [0, 0.05) is 50.4 Å². The predicted octanol–water partition coefficient (Wildman–Crippen LogP) is 4.20. The molecule has 2 aliphatic heterocycles. The lowest BCUT2D eigenvalue weighted by Gasteiger charge is -2.32. The van der Waals surface area contributed by atoms with E-state index in [1.165, 1.54) is 12.3 Å². The van der Waals surface area contributed by atoms with Gasteiger partial charge in [0.1, 0.15) is 22.9 Å². The van der Waals surface area contributed by atoms with Crippen LogP contribution in [-0.2, 0) is 6.42 Å². The van der Waals surface area contributed by atoms with Crippen LogP contribution >= 0.6 is 0 Å². The zero-order chi connectivity index (χ0) is 26.4. The molecule has 0 saturated carbocycles. The average molecular weight is 519 g/mol. The molecule has 1 N–H and O–H groups in total. The molecule has 0 spiro atoms. The zero-order valence-corrected chi connectivity index (χ0v) is 21.3. The Morgan fingerprint density at radius 1 is 1.03 bits per heavy atom. The number of halogens is 2.